The molecule has 0 saturated carbocycles. The smallest absolute Gasteiger partial charge is 0.259 e. The number of hydrogen-bond acceptors (Lipinski definition) is 7. The number of rotatable bonds is 7. The fourth-order valence-corrected chi connectivity index (χ4v) is 4.20. The molecule has 0 bridgehead atoms. The molecule has 0 radical (unpaired) electrons. The van der Waals surface area contributed by atoms with Crippen LogP contribution in [0.3, 0.4) is 0 Å². The lowest BCUT2D eigenvalue weighted by atomic mass is 9.99. The number of carbonyl (C=O) groups excluding carboxylic acids is 2. The van der Waals surface area contributed by atoms with Crippen LogP contribution in [-0.4, -0.2) is 80.6 Å². The predicted molar refractivity (Wildman–Crippen MR) is 134 cm³/mol. The number of aliphatic hydroxyl groups is 1. The van der Waals surface area contributed by atoms with Crippen LogP contribution in [0.4, 0.5) is 0 Å². The Hall–Kier alpha value is -3.85. The molecule has 0 saturated heterocycles. The molecule has 36 heavy (non-hydrogen) atoms. The lowest BCUT2D eigenvalue weighted by molar-refractivity contribution is -0.130. The van der Waals surface area contributed by atoms with E-state index in [-0.39, 0.29) is 30.2 Å². The standard InChI is InChI=1S/C27H31N5O4/c1-18-14-32(19(2)16-33)27(35)23-10-21(22-11-28-17-29-12-22)13-30-26(23)36-24(18)15-31(3)25(34)9-20-7-5-4-6-8-20/h4-8,10-13,17-19,24,33H,9,14-16H2,1-3H3/t18-,19-,24-/m1/s1. The normalized spacial score (nSPS) is 18.4. The van der Waals surface area contributed by atoms with E-state index in [0.29, 0.717) is 30.6 Å². The molecule has 3 heterocycles. The fraction of sp³-hybridized carbons (Fsp3) is 0.370. The van der Waals surface area contributed by atoms with Crippen molar-refractivity contribution in [1.82, 2.24) is 24.8 Å². The van der Waals surface area contributed by atoms with Gasteiger partial charge in [0, 0.05) is 49.2 Å². The van der Waals surface area contributed by atoms with Crippen molar-refractivity contribution in [3.63, 3.8) is 0 Å². The predicted octanol–water partition coefficient (Wildman–Crippen LogP) is 2.46. The molecule has 188 valence electrons. The summed E-state index contributed by atoms with van der Waals surface area (Å²) in [5.41, 5.74) is 2.65. The minimum Gasteiger partial charge on any atom is -0.472 e. The zero-order chi connectivity index (χ0) is 25.7. The van der Waals surface area contributed by atoms with Gasteiger partial charge in [-0.2, -0.15) is 0 Å². The number of fused-ring (bicyclic) bond motifs is 1. The lowest BCUT2D eigenvalue weighted by Gasteiger charge is -2.37. The maximum Gasteiger partial charge on any atom is 0.259 e. The van der Waals surface area contributed by atoms with Crippen LogP contribution < -0.4 is 4.74 Å². The molecule has 4 rings (SSSR count). The van der Waals surface area contributed by atoms with Crippen molar-refractivity contribution in [2.75, 3.05) is 26.7 Å². The maximum atomic E-state index is 13.6. The third kappa shape index (κ3) is 5.68. The van der Waals surface area contributed by atoms with E-state index >= 15 is 0 Å². The molecule has 0 aliphatic carbocycles. The first kappa shape index (κ1) is 25.2. The molecule has 3 atom stereocenters. The number of amides is 2. The number of ether oxygens (including phenoxy) is 1. The topological polar surface area (TPSA) is 109 Å². The second-order valence-electron chi connectivity index (χ2n) is 9.26. The summed E-state index contributed by atoms with van der Waals surface area (Å²) in [7, 11) is 1.76. The molecule has 2 amide bonds. The van der Waals surface area contributed by atoms with E-state index in [1.165, 1.54) is 6.33 Å². The highest BCUT2D eigenvalue weighted by molar-refractivity contribution is 5.98. The van der Waals surface area contributed by atoms with Gasteiger partial charge in [0.2, 0.25) is 11.8 Å². The molecule has 9 nitrogen and oxygen atoms in total. The van der Waals surface area contributed by atoms with Gasteiger partial charge in [-0.05, 0) is 18.6 Å². The summed E-state index contributed by atoms with van der Waals surface area (Å²) in [6, 6.07) is 10.9. The van der Waals surface area contributed by atoms with Crippen LogP contribution in [0, 0.1) is 5.92 Å². The molecule has 1 aromatic carbocycles. The Morgan fingerprint density at radius 3 is 2.61 bits per heavy atom. The van der Waals surface area contributed by atoms with Crippen LogP contribution in [0.25, 0.3) is 11.1 Å². The Morgan fingerprint density at radius 2 is 1.92 bits per heavy atom. The molecule has 0 unspecified atom stereocenters. The quantitative estimate of drug-likeness (QED) is 0.543. The summed E-state index contributed by atoms with van der Waals surface area (Å²) < 4.78 is 6.30. The first-order chi connectivity index (χ1) is 17.4. The number of benzene rings is 1. The second-order valence-corrected chi connectivity index (χ2v) is 9.26. The van der Waals surface area contributed by atoms with Crippen molar-refractivity contribution >= 4 is 11.8 Å². The molecular weight excluding hydrogens is 458 g/mol. The molecular formula is C27H31N5O4. The molecule has 0 spiro atoms. The highest BCUT2D eigenvalue weighted by Crippen LogP contribution is 2.30. The van der Waals surface area contributed by atoms with Gasteiger partial charge in [0.1, 0.15) is 18.0 Å². The van der Waals surface area contributed by atoms with E-state index in [9.17, 15) is 14.7 Å². The van der Waals surface area contributed by atoms with Crippen LogP contribution in [-0.2, 0) is 11.2 Å². The van der Waals surface area contributed by atoms with E-state index < -0.39 is 12.1 Å². The SMILES string of the molecule is C[C@@H]1CN([C@H](C)CO)C(=O)c2cc(-c3cncnc3)cnc2O[C@@H]1CN(C)C(=O)Cc1ccccc1. The van der Waals surface area contributed by atoms with Gasteiger partial charge in [0.05, 0.1) is 25.6 Å². The molecule has 2 aromatic heterocycles. The van der Waals surface area contributed by atoms with Gasteiger partial charge < -0.3 is 19.6 Å². The number of pyridine rings is 1. The zero-order valence-electron chi connectivity index (χ0n) is 20.7. The van der Waals surface area contributed by atoms with Gasteiger partial charge >= 0.3 is 0 Å². The molecule has 1 aliphatic heterocycles. The highest BCUT2D eigenvalue weighted by Gasteiger charge is 2.34. The molecule has 1 N–H and O–H groups in total. The number of likely N-dealkylation sites (N-methyl/N-ethyl adjacent to an activating group) is 1. The van der Waals surface area contributed by atoms with Gasteiger partial charge in [0.15, 0.2) is 0 Å². The second kappa shape index (κ2) is 11.3. The Kier molecular flexibility index (Phi) is 7.90. The minimum atomic E-state index is -0.409. The minimum absolute atomic E-state index is 0.0247. The molecule has 0 fully saturated rings. The number of carbonyl (C=O) groups is 2. The van der Waals surface area contributed by atoms with E-state index in [0.717, 1.165) is 11.1 Å². The van der Waals surface area contributed by atoms with Crippen LogP contribution in [0.15, 0.2) is 61.3 Å². The largest absolute Gasteiger partial charge is 0.472 e. The number of nitrogens with zero attached hydrogens (tertiary/aromatic N) is 5. The molecule has 1 aliphatic rings. The van der Waals surface area contributed by atoms with Crippen molar-refractivity contribution in [3.05, 3.63) is 72.4 Å². The summed E-state index contributed by atoms with van der Waals surface area (Å²) in [6.07, 6.45) is 6.24. The summed E-state index contributed by atoms with van der Waals surface area (Å²) in [6.45, 7) is 4.31. The third-order valence-corrected chi connectivity index (χ3v) is 6.49. The molecule has 9 heteroatoms. The Labute approximate surface area is 210 Å². The lowest BCUT2D eigenvalue weighted by Crippen LogP contribution is -2.50. The maximum absolute atomic E-state index is 13.6. The van der Waals surface area contributed by atoms with Crippen LogP contribution >= 0.6 is 0 Å². The Balaban J connectivity index is 1.62. The van der Waals surface area contributed by atoms with Gasteiger partial charge in [-0.25, -0.2) is 15.0 Å². The average Bonchev–Trinajstić information content (AvgIpc) is 2.91. The average molecular weight is 490 g/mol. The van der Waals surface area contributed by atoms with E-state index in [4.69, 9.17) is 4.74 Å². The van der Waals surface area contributed by atoms with Crippen molar-refractivity contribution in [2.45, 2.75) is 32.4 Å². The first-order valence-electron chi connectivity index (χ1n) is 12.0. The number of aromatic nitrogens is 3. The van der Waals surface area contributed by atoms with Crippen molar-refractivity contribution < 1.29 is 19.4 Å². The summed E-state index contributed by atoms with van der Waals surface area (Å²) in [4.78, 5) is 42.4. The van der Waals surface area contributed by atoms with Crippen LogP contribution in [0.5, 0.6) is 5.88 Å². The van der Waals surface area contributed by atoms with E-state index in [2.05, 4.69) is 15.0 Å². The monoisotopic (exact) mass is 489 g/mol. The zero-order valence-corrected chi connectivity index (χ0v) is 20.7. The fourth-order valence-electron chi connectivity index (χ4n) is 4.20. The van der Waals surface area contributed by atoms with Gasteiger partial charge in [-0.1, -0.05) is 37.3 Å². The first-order valence-corrected chi connectivity index (χ1v) is 12.0. The van der Waals surface area contributed by atoms with E-state index in [1.807, 2.05) is 37.3 Å². The van der Waals surface area contributed by atoms with Crippen molar-refractivity contribution in [2.24, 2.45) is 5.92 Å². The summed E-state index contributed by atoms with van der Waals surface area (Å²) in [5, 5.41) is 9.85. The Morgan fingerprint density at radius 1 is 1.19 bits per heavy atom. The number of hydrogen-bond donors (Lipinski definition) is 1. The van der Waals surface area contributed by atoms with Crippen LogP contribution in [0.2, 0.25) is 0 Å². The summed E-state index contributed by atoms with van der Waals surface area (Å²) in [5.74, 6) is -0.205. The Bertz CT molecular complexity index is 1190. The van der Waals surface area contributed by atoms with E-state index in [1.54, 1.807) is 48.4 Å². The van der Waals surface area contributed by atoms with Gasteiger partial charge in [0.25, 0.3) is 5.91 Å². The summed E-state index contributed by atoms with van der Waals surface area (Å²) >= 11 is 0. The highest BCUT2D eigenvalue weighted by atomic mass is 16.5. The number of aliphatic hydroxyl groups excluding tert-OH is 1. The van der Waals surface area contributed by atoms with Crippen molar-refractivity contribution in [3.8, 4) is 17.0 Å². The van der Waals surface area contributed by atoms with Crippen molar-refractivity contribution in [1.29, 1.82) is 0 Å². The third-order valence-electron chi connectivity index (χ3n) is 6.49. The molecule has 3 aromatic rings. The van der Waals surface area contributed by atoms with Gasteiger partial charge in [-0.3, -0.25) is 9.59 Å². The van der Waals surface area contributed by atoms with Gasteiger partial charge in [-0.15, -0.1) is 0 Å². The van der Waals surface area contributed by atoms with Crippen LogP contribution in [0.1, 0.15) is 29.8 Å².